The Morgan fingerprint density at radius 2 is 0.954 bits per heavy atom. The third-order valence-corrected chi connectivity index (χ3v) is 10.5. The summed E-state index contributed by atoms with van der Waals surface area (Å²) in [4.78, 5) is 92.6. The van der Waals surface area contributed by atoms with Gasteiger partial charge in [0, 0.05) is 44.3 Å². The fourth-order valence-electron chi connectivity index (χ4n) is 6.96. The second-order valence-corrected chi connectivity index (χ2v) is 15.7. The molecule has 0 fully saturated rings. The molecule has 5 aromatic rings. The van der Waals surface area contributed by atoms with Crippen molar-refractivity contribution in [2.45, 2.75) is 82.5 Å². The summed E-state index contributed by atoms with van der Waals surface area (Å²) in [5.74, 6) is -4.40. The zero-order valence-electron chi connectivity index (χ0n) is 36.3. The largest absolute Gasteiger partial charge is 0.481 e. The molecule has 14 heteroatoms. The SMILES string of the molecule is C[C@H](NC(=O)[C@@H](Cc1ccccc1)NC(=O)[C@H](Cc1ccc(-c2ccccc2)cc1)NC(=O)[C@@H](CCc1ccccc1)NC(=O)CCC(=O)Nc1ccccc1)C(=O)NCCCC(=O)O. The Morgan fingerprint density at radius 1 is 0.477 bits per heavy atom. The number of nitrogens with one attached hydrogen (secondary N) is 6. The first kappa shape index (κ1) is 48.4. The van der Waals surface area contributed by atoms with Gasteiger partial charge < -0.3 is 37.0 Å². The van der Waals surface area contributed by atoms with Gasteiger partial charge in [-0.3, -0.25) is 33.6 Å². The van der Waals surface area contributed by atoms with Crippen LogP contribution in [0.5, 0.6) is 0 Å². The molecule has 0 aliphatic heterocycles. The second kappa shape index (κ2) is 25.5. The van der Waals surface area contributed by atoms with E-state index >= 15 is 0 Å². The number of carbonyl (C=O) groups is 7. The molecule has 0 saturated heterocycles. The fourth-order valence-corrected chi connectivity index (χ4v) is 6.96. The van der Waals surface area contributed by atoms with E-state index in [0.717, 1.165) is 22.3 Å². The highest BCUT2D eigenvalue weighted by molar-refractivity contribution is 5.97. The minimum atomic E-state index is -1.24. The minimum absolute atomic E-state index is 0.0144. The van der Waals surface area contributed by atoms with E-state index in [4.69, 9.17) is 5.11 Å². The predicted octanol–water partition coefficient (Wildman–Crippen LogP) is 5.13. The zero-order valence-corrected chi connectivity index (χ0v) is 36.3. The van der Waals surface area contributed by atoms with Crippen LogP contribution in [-0.4, -0.2) is 77.2 Å². The van der Waals surface area contributed by atoms with Crippen LogP contribution < -0.4 is 31.9 Å². The molecule has 338 valence electrons. The highest BCUT2D eigenvalue weighted by atomic mass is 16.4. The molecule has 0 unspecified atom stereocenters. The van der Waals surface area contributed by atoms with Crippen LogP contribution >= 0.6 is 0 Å². The number of rotatable bonds is 24. The minimum Gasteiger partial charge on any atom is -0.481 e. The van der Waals surface area contributed by atoms with E-state index in [1.165, 1.54) is 6.92 Å². The van der Waals surface area contributed by atoms with Gasteiger partial charge in [0.2, 0.25) is 35.4 Å². The number of para-hydroxylation sites is 1. The average Bonchev–Trinajstić information content (AvgIpc) is 3.31. The van der Waals surface area contributed by atoms with Crippen LogP contribution in [0, 0.1) is 0 Å². The molecule has 0 aromatic heterocycles. The first-order valence-corrected chi connectivity index (χ1v) is 21.7. The Morgan fingerprint density at radius 3 is 1.54 bits per heavy atom. The normalized spacial score (nSPS) is 12.6. The molecule has 0 heterocycles. The summed E-state index contributed by atoms with van der Waals surface area (Å²) >= 11 is 0. The number of aliphatic carboxylic acids is 1. The van der Waals surface area contributed by atoms with E-state index in [1.807, 2.05) is 97.1 Å². The maximum absolute atomic E-state index is 14.5. The Balaban J connectivity index is 1.36. The predicted molar refractivity (Wildman–Crippen MR) is 248 cm³/mol. The molecule has 65 heavy (non-hydrogen) atoms. The Kier molecular flexibility index (Phi) is 19.0. The molecular weight excluding hydrogens is 825 g/mol. The molecule has 5 aromatic carbocycles. The van der Waals surface area contributed by atoms with E-state index in [9.17, 15) is 33.6 Å². The first-order valence-electron chi connectivity index (χ1n) is 21.7. The van der Waals surface area contributed by atoms with Gasteiger partial charge in [-0.25, -0.2) is 0 Å². The number of carbonyl (C=O) groups excluding carboxylic acids is 6. The topological polar surface area (TPSA) is 212 Å². The van der Waals surface area contributed by atoms with Crippen LogP contribution in [0.15, 0.2) is 146 Å². The van der Waals surface area contributed by atoms with Gasteiger partial charge in [0.15, 0.2) is 0 Å². The number of aryl methyl sites for hydroxylation is 1. The third kappa shape index (κ3) is 16.9. The van der Waals surface area contributed by atoms with Crippen molar-refractivity contribution in [2.24, 2.45) is 0 Å². The van der Waals surface area contributed by atoms with Gasteiger partial charge in [0.1, 0.15) is 24.2 Å². The lowest BCUT2D eigenvalue weighted by molar-refractivity contribution is -0.137. The molecule has 0 radical (unpaired) electrons. The summed E-state index contributed by atoms with van der Waals surface area (Å²) < 4.78 is 0. The molecule has 0 saturated carbocycles. The van der Waals surface area contributed by atoms with Crippen molar-refractivity contribution in [3.8, 4) is 11.1 Å². The zero-order chi connectivity index (χ0) is 46.4. The number of amides is 6. The van der Waals surface area contributed by atoms with Crippen LogP contribution in [0.3, 0.4) is 0 Å². The van der Waals surface area contributed by atoms with Gasteiger partial charge >= 0.3 is 5.97 Å². The van der Waals surface area contributed by atoms with E-state index in [2.05, 4.69) is 31.9 Å². The second-order valence-electron chi connectivity index (χ2n) is 15.7. The summed E-state index contributed by atoms with van der Waals surface area (Å²) in [5.41, 5.74) is 4.88. The van der Waals surface area contributed by atoms with Crippen LogP contribution in [0.1, 0.15) is 55.7 Å². The highest BCUT2D eigenvalue weighted by Gasteiger charge is 2.31. The number of hydrogen-bond donors (Lipinski definition) is 7. The van der Waals surface area contributed by atoms with Crippen LogP contribution in [0.4, 0.5) is 5.69 Å². The number of carboxylic acid groups (broad SMARTS) is 1. The lowest BCUT2D eigenvalue weighted by Crippen LogP contribution is -2.59. The summed E-state index contributed by atoms with van der Waals surface area (Å²) in [5, 5.41) is 25.5. The van der Waals surface area contributed by atoms with Crippen molar-refractivity contribution in [1.29, 1.82) is 0 Å². The average molecular weight is 881 g/mol. The summed E-state index contributed by atoms with van der Waals surface area (Å²) in [6, 6.07) is 40.0. The number of anilines is 1. The molecule has 5 rings (SSSR count). The van der Waals surface area contributed by atoms with Gasteiger partial charge in [0.25, 0.3) is 0 Å². The molecule has 14 nitrogen and oxygen atoms in total. The maximum atomic E-state index is 14.5. The molecular formula is C51H56N6O8. The maximum Gasteiger partial charge on any atom is 0.303 e. The number of benzene rings is 5. The fraction of sp³-hybridized carbons (Fsp3) is 0.275. The van der Waals surface area contributed by atoms with Gasteiger partial charge in [-0.05, 0) is 66.1 Å². The Labute approximate surface area is 379 Å². The molecule has 7 N–H and O–H groups in total. The van der Waals surface area contributed by atoms with Gasteiger partial charge in [-0.2, -0.15) is 0 Å². The molecule has 0 spiro atoms. The van der Waals surface area contributed by atoms with Crippen molar-refractivity contribution in [1.82, 2.24) is 26.6 Å². The van der Waals surface area contributed by atoms with E-state index in [1.54, 1.807) is 48.5 Å². The highest BCUT2D eigenvalue weighted by Crippen LogP contribution is 2.20. The Bertz CT molecular complexity index is 2330. The van der Waals surface area contributed by atoms with Gasteiger partial charge in [0.05, 0.1) is 0 Å². The van der Waals surface area contributed by atoms with Crippen molar-refractivity contribution < 1.29 is 38.7 Å². The van der Waals surface area contributed by atoms with Gasteiger partial charge in [-0.1, -0.05) is 133 Å². The van der Waals surface area contributed by atoms with Crippen LogP contribution in [-0.2, 0) is 52.8 Å². The van der Waals surface area contributed by atoms with Crippen molar-refractivity contribution in [2.75, 3.05) is 11.9 Å². The lowest BCUT2D eigenvalue weighted by Gasteiger charge is -2.26. The number of hydrogen-bond acceptors (Lipinski definition) is 7. The third-order valence-electron chi connectivity index (χ3n) is 10.5. The molecule has 4 atom stereocenters. The summed E-state index contributed by atoms with van der Waals surface area (Å²) in [6.07, 6.45) is 0.401. The van der Waals surface area contributed by atoms with E-state index < -0.39 is 59.7 Å². The summed E-state index contributed by atoms with van der Waals surface area (Å²) in [7, 11) is 0. The molecule has 0 aliphatic rings. The van der Waals surface area contributed by atoms with Crippen LogP contribution in [0.25, 0.3) is 11.1 Å². The molecule has 0 aliphatic carbocycles. The molecule has 6 amide bonds. The Hall–Kier alpha value is -7.61. The van der Waals surface area contributed by atoms with E-state index in [-0.39, 0.29) is 57.4 Å². The van der Waals surface area contributed by atoms with E-state index in [0.29, 0.717) is 17.7 Å². The lowest BCUT2D eigenvalue weighted by atomic mass is 9.98. The van der Waals surface area contributed by atoms with Crippen molar-refractivity contribution >= 4 is 47.1 Å². The quantitative estimate of drug-likeness (QED) is 0.0412. The van der Waals surface area contributed by atoms with Crippen molar-refractivity contribution in [3.05, 3.63) is 162 Å². The first-order chi connectivity index (χ1) is 31.4. The van der Waals surface area contributed by atoms with Crippen LogP contribution in [0.2, 0.25) is 0 Å². The number of carboxylic acids is 1. The smallest absolute Gasteiger partial charge is 0.303 e. The van der Waals surface area contributed by atoms with Gasteiger partial charge in [-0.15, -0.1) is 0 Å². The van der Waals surface area contributed by atoms with Crippen molar-refractivity contribution in [3.63, 3.8) is 0 Å². The molecule has 0 bridgehead atoms. The summed E-state index contributed by atoms with van der Waals surface area (Å²) in [6.45, 7) is 1.58. The standard InChI is InChI=1S/C51H56N6O8/c1-35(48(62)52-32-14-23-47(60)61)53-50(64)43(33-37-17-8-3-9-18-37)57-51(65)44(34-38-24-27-40(28-25-38)39-19-10-4-11-20-39)56-49(63)42(29-26-36-15-6-2-7-16-36)55-46(59)31-30-45(58)54-41-21-12-5-13-22-41/h2-13,15-22,24-25,27-28,35,42-44H,14,23,26,29-34H2,1H3,(H,52,62)(H,53,64)(H,54,58)(H,55,59)(H,56,63)(H,57,65)(H,60,61)/t35-,42+,43+,44-/m0/s1. The monoisotopic (exact) mass is 880 g/mol.